The van der Waals surface area contributed by atoms with Crippen LogP contribution in [0.15, 0.2) is 4.99 Å². The Bertz CT molecular complexity index is 373. The van der Waals surface area contributed by atoms with Gasteiger partial charge in [-0.05, 0) is 11.4 Å². The van der Waals surface area contributed by atoms with Crippen molar-refractivity contribution in [3.05, 3.63) is 0 Å². The van der Waals surface area contributed by atoms with Gasteiger partial charge in [0.2, 0.25) is 0 Å². The quantitative estimate of drug-likeness (QED) is 0.153. The summed E-state index contributed by atoms with van der Waals surface area (Å²) < 4.78 is 1.91. The summed E-state index contributed by atoms with van der Waals surface area (Å²) in [5.74, 6) is 0.410. The van der Waals surface area contributed by atoms with E-state index in [4.69, 9.17) is 17.2 Å². The summed E-state index contributed by atoms with van der Waals surface area (Å²) in [5.41, 5.74) is 16.4. The van der Waals surface area contributed by atoms with Gasteiger partial charge in [0, 0.05) is 0 Å². The molecule has 0 aromatic carbocycles. The average molecular weight is 369 g/mol. The first-order valence-corrected chi connectivity index (χ1v) is 11.0. The second-order valence-corrected chi connectivity index (χ2v) is 7.62. The largest absolute Gasteiger partial charge is 0.388 e. The molecule has 0 rings (SSSR count). The van der Waals surface area contributed by atoms with Crippen LogP contribution in [0, 0.1) is 0 Å². The topological polar surface area (TPSA) is 93.4 Å². The molecule has 0 aliphatic carbocycles. The van der Waals surface area contributed by atoms with E-state index in [0.717, 1.165) is 13.0 Å². The lowest BCUT2D eigenvalue weighted by molar-refractivity contribution is -0.499. The standard InChI is InChI=1S/C21H45N5/c1-3-4-5-6-7-8-9-10-11-12-13-14-15-16-17-18-19-26(2)21(24)25-20(22)23/h3-19H2,1-2H3,(H5,22,23,24,25)/p+1. The van der Waals surface area contributed by atoms with Crippen molar-refractivity contribution in [2.24, 2.45) is 22.2 Å². The Kier molecular flexibility index (Phi) is 17.6. The lowest BCUT2D eigenvalue weighted by Gasteiger charge is -2.04. The molecule has 0 radical (unpaired) electrons. The summed E-state index contributed by atoms with van der Waals surface area (Å²) in [5, 5.41) is 0. The smallest absolute Gasteiger partial charge is 0.356 e. The molecule has 0 aliphatic heterocycles. The molecule has 0 aliphatic rings. The first-order chi connectivity index (χ1) is 12.6. The molecule has 0 spiro atoms. The Labute approximate surface area is 162 Å². The highest BCUT2D eigenvalue weighted by atomic mass is 15.2. The van der Waals surface area contributed by atoms with E-state index in [1.54, 1.807) is 0 Å². The molecule has 5 nitrogen and oxygen atoms in total. The van der Waals surface area contributed by atoms with Crippen LogP contribution in [0.2, 0.25) is 0 Å². The lowest BCUT2D eigenvalue weighted by atomic mass is 10.0. The number of nitrogens with zero attached hydrogens (tertiary/aromatic N) is 2. The predicted molar refractivity (Wildman–Crippen MR) is 116 cm³/mol. The van der Waals surface area contributed by atoms with E-state index in [1.165, 1.54) is 96.3 Å². The molecular formula is C21H46N5+. The molecule has 0 bridgehead atoms. The van der Waals surface area contributed by atoms with Gasteiger partial charge in [-0.1, -0.05) is 103 Å². The number of rotatable bonds is 17. The molecule has 26 heavy (non-hydrogen) atoms. The Morgan fingerprint density at radius 2 is 0.962 bits per heavy atom. The van der Waals surface area contributed by atoms with Gasteiger partial charge in [0.15, 0.2) is 0 Å². The highest BCUT2D eigenvalue weighted by Gasteiger charge is 2.03. The van der Waals surface area contributed by atoms with Gasteiger partial charge in [0.05, 0.1) is 13.6 Å². The molecule has 0 fully saturated rings. The molecule has 0 saturated carbocycles. The summed E-state index contributed by atoms with van der Waals surface area (Å²) >= 11 is 0. The molecule has 0 saturated heterocycles. The maximum Gasteiger partial charge on any atom is 0.388 e. The second kappa shape index (κ2) is 18.5. The van der Waals surface area contributed by atoms with E-state index in [0.29, 0.717) is 5.96 Å². The van der Waals surface area contributed by atoms with E-state index >= 15 is 0 Å². The molecule has 6 N–H and O–H groups in total. The normalized spacial score (nSPS) is 12.1. The average Bonchev–Trinajstić information content (AvgIpc) is 2.60. The summed E-state index contributed by atoms with van der Waals surface area (Å²) in [6.07, 6.45) is 22.1. The van der Waals surface area contributed by atoms with Crippen LogP contribution in [0.1, 0.15) is 110 Å². The summed E-state index contributed by atoms with van der Waals surface area (Å²) in [6.45, 7) is 3.19. The Morgan fingerprint density at radius 3 is 1.31 bits per heavy atom. The second-order valence-electron chi connectivity index (χ2n) is 7.62. The number of hydrogen-bond donors (Lipinski definition) is 3. The van der Waals surface area contributed by atoms with Crippen molar-refractivity contribution in [1.82, 2.24) is 0 Å². The SMILES string of the molecule is CCCCCCCCCCCCCCCCCC[N+](C)=C(N)N=C(N)N. The highest BCUT2D eigenvalue weighted by molar-refractivity contribution is 5.89. The van der Waals surface area contributed by atoms with Crippen LogP contribution in [0.5, 0.6) is 0 Å². The Hall–Kier alpha value is -1.26. The van der Waals surface area contributed by atoms with Crippen LogP contribution in [-0.2, 0) is 0 Å². The summed E-state index contributed by atoms with van der Waals surface area (Å²) in [7, 11) is 1.92. The van der Waals surface area contributed by atoms with Gasteiger partial charge < -0.3 is 11.5 Å². The minimum Gasteiger partial charge on any atom is -0.356 e. The fourth-order valence-electron chi connectivity index (χ4n) is 3.23. The number of hydrogen-bond acceptors (Lipinski definition) is 0. The fraction of sp³-hybridized carbons (Fsp3) is 0.905. The van der Waals surface area contributed by atoms with Gasteiger partial charge in [-0.25, -0.2) is 0 Å². The van der Waals surface area contributed by atoms with Crippen LogP contribution >= 0.6 is 0 Å². The molecule has 0 atom stereocenters. The van der Waals surface area contributed by atoms with Gasteiger partial charge >= 0.3 is 5.96 Å². The maximum absolute atomic E-state index is 5.78. The first-order valence-electron chi connectivity index (χ1n) is 11.0. The van der Waals surface area contributed by atoms with E-state index in [1.807, 2.05) is 11.6 Å². The highest BCUT2D eigenvalue weighted by Crippen LogP contribution is 2.13. The molecule has 0 aromatic heterocycles. The van der Waals surface area contributed by atoms with Crippen LogP contribution in [0.25, 0.3) is 0 Å². The van der Waals surface area contributed by atoms with Crippen molar-refractivity contribution in [3.8, 4) is 0 Å². The molecular weight excluding hydrogens is 322 g/mol. The van der Waals surface area contributed by atoms with Crippen LogP contribution < -0.4 is 17.2 Å². The minimum atomic E-state index is 0.0151. The zero-order valence-corrected chi connectivity index (χ0v) is 17.6. The van der Waals surface area contributed by atoms with E-state index in [9.17, 15) is 0 Å². The van der Waals surface area contributed by atoms with E-state index < -0.39 is 0 Å². The molecule has 0 unspecified atom stereocenters. The van der Waals surface area contributed by atoms with Crippen molar-refractivity contribution in [3.63, 3.8) is 0 Å². The van der Waals surface area contributed by atoms with Gasteiger partial charge in [-0.15, -0.1) is 0 Å². The molecule has 0 aromatic rings. The van der Waals surface area contributed by atoms with Crippen molar-refractivity contribution in [1.29, 1.82) is 0 Å². The van der Waals surface area contributed by atoms with E-state index in [2.05, 4.69) is 11.9 Å². The summed E-state index contributed by atoms with van der Waals surface area (Å²) in [4.78, 5) is 3.86. The van der Waals surface area contributed by atoms with Crippen molar-refractivity contribution in [2.75, 3.05) is 13.6 Å². The number of unbranched alkanes of at least 4 members (excludes halogenated alkanes) is 15. The molecule has 0 heterocycles. The summed E-state index contributed by atoms with van der Waals surface area (Å²) in [6, 6.07) is 0. The van der Waals surface area contributed by atoms with Gasteiger partial charge in [0.25, 0.3) is 5.96 Å². The van der Waals surface area contributed by atoms with Crippen LogP contribution in [0.3, 0.4) is 0 Å². The molecule has 5 heteroatoms. The Morgan fingerprint density at radius 1 is 0.615 bits per heavy atom. The van der Waals surface area contributed by atoms with Crippen LogP contribution in [0.4, 0.5) is 0 Å². The van der Waals surface area contributed by atoms with Crippen molar-refractivity contribution < 1.29 is 4.58 Å². The number of aliphatic imine (C=N–C) groups is 1. The van der Waals surface area contributed by atoms with Crippen molar-refractivity contribution in [2.45, 2.75) is 110 Å². The third-order valence-corrected chi connectivity index (χ3v) is 4.98. The maximum atomic E-state index is 5.78. The third kappa shape index (κ3) is 17.6. The van der Waals surface area contributed by atoms with Gasteiger partial charge in [-0.3, -0.25) is 10.3 Å². The third-order valence-electron chi connectivity index (χ3n) is 4.98. The minimum absolute atomic E-state index is 0.0151. The number of nitrogens with two attached hydrogens (primary N) is 3. The Balaban J connectivity index is 3.28. The van der Waals surface area contributed by atoms with Crippen molar-refractivity contribution >= 4 is 11.9 Å². The molecule has 0 amide bonds. The number of guanidine groups is 2. The lowest BCUT2D eigenvalue weighted by Crippen LogP contribution is -2.31. The van der Waals surface area contributed by atoms with Gasteiger partial charge in [0.1, 0.15) is 0 Å². The first kappa shape index (κ1) is 24.7. The molecule has 154 valence electrons. The zero-order valence-electron chi connectivity index (χ0n) is 17.6. The predicted octanol–water partition coefficient (Wildman–Crippen LogP) is 4.48. The zero-order chi connectivity index (χ0) is 19.5. The van der Waals surface area contributed by atoms with Crippen LogP contribution in [-0.4, -0.2) is 30.1 Å². The monoisotopic (exact) mass is 368 g/mol. The fourth-order valence-corrected chi connectivity index (χ4v) is 3.23. The van der Waals surface area contributed by atoms with Gasteiger partial charge in [-0.2, -0.15) is 0 Å². The van der Waals surface area contributed by atoms with E-state index in [-0.39, 0.29) is 5.96 Å².